The second-order valence-electron chi connectivity index (χ2n) is 8.04. The molecule has 0 aliphatic carbocycles. The first kappa shape index (κ1) is 18.9. The van der Waals surface area contributed by atoms with Crippen LogP contribution in [0.25, 0.3) is 11.1 Å². The molecule has 3 rings (SSSR count). The maximum atomic E-state index is 12.0. The van der Waals surface area contributed by atoms with Crippen molar-refractivity contribution in [1.29, 1.82) is 0 Å². The van der Waals surface area contributed by atoms with E-state index in [9.17, 15) is 14.7 Å². The van der Waals surface area contributed by atoms with E-state index in [1.54, 1.807) is 30.2 Å². The lowest BCUT2D eigenvalue weighted by Gasteiger charge is -2.39. The maximum absolute atomic E-state index is 12.0. The van der Waals surface area contributed by atoms with E-state index < -0.39 is 11.6 Å². The molecule has 0 unspecified atom stereocenters. The van der Waals surface area contributed by atoms with Crippen molar-refractivity contribution in [3.8, 4) is 11.1 Å². The van der Waals surface area contributed by atoms with Crippen LogP contribution in [-0.4, -0.2) is 50.5 Å². The average Bonchev–Trinajstić information content (AvgIpc) is 2.97. The number of ether oxygens (including phenoxy) is 1. The van der Waals surface area contributed by atoms with Gasteiger partial charge in [-0.15, -0.1) is 0 Å². The van der Waals surface area contributed by atoms with Crippen molar-refractivity contribution in [2.24, 2.45) is 5.92 Å². The Balaban J connectivity index is 1.59. The van der Waals surface area contributed by atoms with Crippen molar-refractivity contribution in [3.05, 3.63) is 41.7 Å². The lowest BCUT2D eigenvalue weighted by atomic mass is 10.0. The molecular weight excluding hydrogens is 346 g/mol. The standard InChI is InChI=1S/C20H25N3O4/c1-13-5-6-15(7-17(13)18(24)25)16-8-21-23(12-16)11-14-9-22(10-14)19(26)27-20(2,3)4/h5-8,12,14H,9-11H2,1-4H3,(H,24,25). The highest BCUT2D eigenvalue weighted by atomic mass is 16.6. The van der Waals surface area contributed by atoms with E-state index >= 15 is 0 Å². The van der Waals surface area contributed by atoms with Crippen molar-refractivity contribution < 1.29 is 19.4 Å². The largest absolute Gasteiger partial charge is 0.478 e. The minimum Gasteiger partial charge on any atom is -0.478 e. The fourth-order valence-corrected chi connectivity index (χ4v) is 3.07. The molecular formula is C20H25N3O4. The van der Waals surface area contributed by atoms with E-state index in [1.165, 1.54) is 0 Å². The van der Waals surface area contributed by atoms with Crippen molar-refractivity contribution in [2.75, 3.05) is 13.1 Å². The van der Waals surface area contributed by atoms with E-state index in [0.717, 1.165) is 16.7 Å². The quantitative estimate of drug-likeness (QED) is 0.890. The maximum Gasteiger partial charge on any atom is 0.410 e. The molecule has 2 heterocycles. The van der Waals surface area contributed by atoms with Gasteiger partial charge in [0.25, 0.3) is 0 Å². The Kier molecular flexibility index (Phi) is 4.95. The third-order valence-electron chi connectivity index (χ3n) is 4.49. The molecule has 2 aromatic rings. The molecule has 1 aliphatic rings. The van der Waals surface area contributed by atoms with Gasteiger partial charge in [-0.25, -0.2) is 9.59 Å². The monoisotopic (exact) mass is 371 g/mol. The molecule has 0 radical (unpaired) electrons. The van der Waals surface area contributed by atoms with Crippen LogP contribution in [0.2, 0.25) is 0 Å². The van der Waals surface area contributed by atoms with Crippen molar-refractivity contribution in [2.45, 2.75) is 39.8 Å². The molecule has 1 N–H and O–H groups in total. The van der Waals surface area contributed by atoms with Crippen LogP contribution in [0.15, 0.2) is 30.6 Å². The van der Waals surface area contributed by atoms with E-state index in [4.69, 9.17) is 4.74 Å². The predicted molar refractivity (Wildman–Crippen MR) is 101 cm³/mol. The van der Waals surface area contributed by atoms with Gasteiger partial charge < -0.3 is 14.7 Å². The Morgan fingerprint density at radius 3 is 2.59 bits per heavy atom. The Bertz CT molecular complexity index is 860. The van der Waals surface area contributed by atoms with Crippen LogP contribution in [-0.2, 0) is 11.3 Å². The molecule has 1 fully saturated rings. The molecule has 0 bridgehead atoms. The number of hydrogen-bond acceptors (Lipinski definition) is 4. The molecule has 0 saturated carbocycles. The third kappa shape index (κ3) is 4.48. The molecule has 1 amide bonds. The zero-order valence-corrected chi connectivity index (χ0v) is 16.1. The number of rotatable bonds is 4. The second-order valence-corrected chi connectivity index (χ2v) is 8.04. The minimum atomic E-state index is -0.932. The first-order chi connectivity index (χ1) is 12.6. The van der Waals surface area contributed by atoms with Crippen molar-refractivity contribution in [1.82, 2.24) is 14.7 Å². The van der Waals surface area contributed by atoms with E-state index in [2.05, 4.69) is 5.10 Å². The van der Waals surface area contributed by atoms with Crippen LogP contribution in [0.1, 0.15) is 36.7 Å². The molecule has 1 aliphatic heterocycles. The summed E-state index contributed by atoms with van der Waals surface area (Å²) in [5.74, 6) is -0.601. The number of benzene rings is 1. The minimum absolute atomic E-state index is 0.277. The van der Waals surface area contributed by atoms with Crippen LogP contribution >= 0.6 is 0 Å². The highest BCUT2D eigenvalue weighted by Crippen LogP contribution is 2.24. The van der Waals surface area contributed by atoms with Gasteiger partial charge in [-0.2, -0.15) is 5.10 Å². The number of amides is 1. The number of aromatic nitrogens is 2. The lowest BCUT2D eigenvalue weighted by Crippen LogP contribution is -2.52. The summed E-state index contributed by atoms with van der Waals surface area (Å²) in [6.07, 6.45) is 3.37. The summed E-state index contributed by atoms with van der Waals surface area (Å²) < 4.78 is 7.20. The second kappa shape index (κ2) is 7.06. The number of aromatic carboxylic acids is 1. The van der Waals surface area contributed by atoms with Crippen LogP contribution in [0.4, 0.5) is 4.79 Å². The van der Waals surface area contributed by atoms with Crippen molar-refractivity contribution in [3.63, 3.8) is 0 Å². The predicted octanol–water partition coefficient (Wildman–Crippen LogP) is 3.42. The van der Waals surface area contributed by atoms with Gasteiger partial charge in [-0.05, 0) is 44.9 Å². The van der Waals surface area contributed by atoms with Gasteiger partial charge in [0, 0.05) is 37.3 Å². The smallest absolute Gasteiger partial charge is 0.410 e. The van der Waals surface area contributed by atoms with Crippen LogP contribution in [0.3, 0.4) is 0 Å². The van der Waals surface area contributed by atoms with E-state index in [0.29, 0.717) is 31.1 Å². The van der Waals surface area contributed by atoms with Crippen LogP contribution in [0, 0.1) is 12.8 Å². The molecule has 0 atom stereocenters. The van der Waals surface area contributed by atoms with Gasteiger partial charge in [0.2, 0.25) is 0 Å². The molecule has 27 heavy (non-hydrogen) atoms. The number of carboxylic acids is 1. The third-order valence-corrected chi connectivity index (χ3v) is 4.49. The average molecular weight is 371 g/mol. The summed E-state index contributed by atoms with van der Waals surface area (Å²) in [5, 5.41) is 13.7. The summed E-state index contributed by atoms with van der Waals surface area (Å²) >= 11 is 0. The van der Waals surface area contributed by atoms with Gasteiger partial charge in [-0.3, -0.25) is 4.68 Å². The normalized spacial score (nSPS) is 14.7. The van der Waals surface area contributed by atoms with Crippen LogP contribution < -0.4 is 0 Å². The number of carbonyl (C=O) groups excluding carboxylic acids is 1. The summed E-state index contributed by atoms with van der Waals surface area (Å²) in [4.78, 5) is 25.0. The highest BCUT2D eigenvalue weighted by Gasteiger charge is 2.33. The summed E-state index contributed by atoms with van der Waals surface area (Å²) in [7, 11) is 0. The zero-order chi connectivity index (χ0) is 19.8. The Morgan fingerprint density at radius 2 is 1.96 bits per heavy atom. The summed E-state index contributed by atoms with van der Waals surface area (Å²) in [6, 6.07) is 5.38. The molecule has 144 valence electrons. The Hall–Kier alpha value is -2.83. The van der Waals surface area contributed by atoms with Gasteiger partial charge in [0.15, 0.2) is 0 Å². The molecule has 1 aromatic carbocycles. The first-order valence-corrected chi connectivity index (χ1v) is 8.97. The van der Waals surface area contributed by atoms with E-state index in [1.807, 2.05) is 37.7 Å². The fraction of sp³-hybridized carbons (Fsp3) is 0.450. The van der Waals surface area contributed by atoms with Gasteiger partial charge in [-0.1, -0.05) is 12.1 Å². The molecule has 1 saturated heterocycles. The Morgan fingerprint density at radius 1 is 1.26 bits per heavy atom. The van der Waals surface area contributed by atoms with Crippen LogP contribution in [0.5, 0.6) is 0 Å². The number of nitrogens with zero attached hydrogens (tertiary/aromatic N) is 3. The summed E-state index contributed by atoms with van der Waals surface area (Å²) in [5.41, 5.74) is 2.25. The SMILES string of the molecule is Cc1ccc(-c2cnn(CC3CN(C(=O)OC(C)(C)C)C3)c2)cc1C(=O)O. The molecule has 7 heteroatoms. The van der Waals surface area contributed by atoms with Gasteiger partial charge >= 0.3 is 12.1 Å². The number of carboxylic acid groups (broad SMARTS) is 1. The van der Waals surface area contributed by atoms with E-state index in [-0.39, 0.29) is 6.09 Å². The van der Waals surface area contributed by atoms with Gasteiger partial charge in [0.1, 0.15) is 5.60 Å². The number of carbonyl (C=O) groups is 2. The molecule has 7 nitrogen and oxygen atoms in total. The molecule has 1 aromatic heterocycles. The summed E-state index contributed by atoms with van der Waals surface area (Å²) in [6.45, 7) is 9.35. The molecule has 0 spiro atoms. The van der Waals surface area contributed by atoms with Gasteiger partial charge in [0.05, 0.1) is 11.8 Å². The highest BCUT2D eigenvalue weighted by molar-refractivity contribution is 5.91. The lowest BCUT2D eigenvalue weighted by molar-refractivity contribution is -0.00384. The first-order valence-electron chi connectivity index (χ1n) is 8.97. The topological polar surface area (TPSA) is 84.7 Å². The number of likely N-dealkylation sites (tertiary alicyclic amines) is 1. The number of aryl methyl sites for hydroxylation is 1. The Labute approximate surface area is 158 Å². The number of hydrogen-bond donors (Lipinski definition) is 1. The van der Waals surface area contributed by atoms with Crippen molar-refractivity contribution >= 4 is 12.1 Å². The zero-order valence-electron chi connectivity index (χ0n) is 16.1. The fourth-order valence-electron chi connectivity index (χ4n) is 3.07.